The minimum Gasteiger partial charge on any atom is -0.462 e. The number of ketones is 1. The Bertz CT molecular complexity index is 918. The molecule has 3 heteroatoms. The maximum atomic E-state index is 13.0. The minimum atomic E-state index is -0.179. The van der Waals surface area contributed by atoms with Crippen LogP contribution in [0.5, 0.6) is 0 Å². The third-order valence-corrected chi connectivity index (χ3v) is 14.0. The number of Topliss-reactive ketones (excluding diaryl/α,β-unsaturated/α-hetero) is 1. The standard InChI is InChI=1S/C32H52O3/c1-20(33)35-26-21-12-16-31(8)23(29(21,6)19-18-27(26,2)3)10-11-24-30(7)15-14-25(34)28(4,5)22(30)13-17-32(24,31)9/h21-24,26H,10-19H2,1-9H3/t21-,22+,23+,24+,26-,29-,30+,31+,32+/m1/s1. The number of ether oxygens (including phenoxy) is 1. The summed E-state index contributed by atoms with van der Waals surface area (Å²) in [6.45, 7) is 21.2. The van der Waals surface area contributed by atoms with Crippen molar-refractivity contribution in [3.8, 4) is 0 Å². The van der Waals surface area contributed by atoms with Crippen LogP contribution in [-0.4, -0.2) is 17.9 Å². The van der Waals surface area contributed by atoms with Crippen LogP contribution in [0.4, 0.5) is 0 Å². The molecule has 9 atom stereocenters. The first kappa shape index (κ1) is 25.8. The number of hydrogen-bond donors (Lipinski definition) is 0. The number of fused-ring (bicyclic) bond motifs is 7. The fourth-order valence-electron chi connectivity index (χ4n) is 11.8. The zero-order valence-corrected chi connectivity index (χ0v) is 24.2. The molecule has 0 spiro atoms. The summed E-state index contributed by atoms with van der Waals surface area (Å²) >= 11 is 0. The van der Waals surface area contributed by atoms with Crippen molar-refractivity contribution in [1.29, 1.82) is 0 Å². The van der Waals surface area contributed by atoms with Crippen molar-refractivity contribution in [3.05, 3.63) is 0 Å². The molecule has 5 fully saturated rings. The summed E-state index contributed by atoms with van der Waals surface area (Å²) in [7, 11) is 0. The molecule has 0 aromatic rings. The summed E-state index contributed by atoms with van der Waals surface area (Å²) in [5.41, 5.74) is 0.998. The SMILES string of the molecule is CC(=O)O[C@@H]1[C@H]2CC[C@@]3(C)[C@@H](CC[C@H]4[C@@]5(C)CCC(=O)C(C)(C)[C@@H]5CC[C@@]43C)[C@]2(C)CCC1(C)C. The van der Waals surface area contributed by atoms with Gasteiger partial charge in [0.2, 0.25) is 0 Å². The van der Waals surface area contributed by atoms with Crippen LogP contribution < -0.4 is 0 Å². The largest absolute Gasteiger partial charge is 0.462 e. The predicted octanol–water partition coefficient (Wildman–Crippen LogP) is 8.00. The van der Waals surface area contributed by atoms with Crippen LogP contribution in [0.15, 0.2) is 0 Å². The van der Waals surface area contributed by atoms with Gasteiger partial charge in [-0.25, -0.2) is 0 Å². The van der Waals surface area contributed by atoms with E-state index in [1.54, 1.807) is 6.92 Å². The molecule has 0 aliphatic heterocycles. The molecule has 0 bridgehead atoms. The van der Waals surface area contributed by atoms with Crippen LogP contribution in [0.25, 0.3) is 0 Å². The van der Waals surface area contributed by atoms with Crippen LogP contribution in [0.3, 0.4) is 0 Å². The maximum absolute atomic E-state index is 13.0. The van der Waals surface area contributed by atoms with Crippen LogP contribution >= 0.6 is 0 Å². The van der Waals surface area contributed by atoms with Crippen molar-refractivity contribution in [3.63, 3.8) is 0 Å². The van der Waals surface area contributed by atoms with Gasteiger partial charge < -0.3 is 4.74 Å². The van der Waals surface area contributed by atoms with Gasteiger partial charge in [0.05, 0.1) is 0 Å². The molecule has 0 heterocycles. The first-order valence-corrected chi connectivity index (χ1v) is 14.7. The van der Waals surface area contributed by atoms with E-state index in [9.17, 15) is 9.59 Å². The van der Waals surface area contributed by atoms with E-state index in [-0.39, 0.29) is 33.7 Å². The first-order chi connectivity index (χ1) is 16.0. The van der Waals surface area contributed by atoms with Gasteiger partial charge in [0.1, 0.15) is 11.9 Å². The molecule has 5 rings (SSSR count). The van der Waals surface area contributed by atoms with Gasteiger partial charge in [0.25, 0.3) is 0 Å². The molecule has 0 unspecified atom stereocenters. The van der Waals surface area contributed by atoms with Gasteiger partial charge in [-0.2, -0.15) is 0 Å². The number of hydrogen-bond acceptors (Lipinski definition) is 3. The first-order valence-electron chi connectivity index (χ1n) is 14.7. The molecule has 35 heavy (non-hydrogen) atoms. The summed E-state index contributed by atoms with van der Waals surface area (Å²) < 4.78 is 6.13. The molecule has 0 amide bonds. The van der Waals surface area contributed by atoms with Crippen LogP contribution in [0, 0.1) is 56.2 Å². The van der Waals surface area contributed by atoms with Gasteiger partial charge in [-0.1, -0.05) is 55.4 Å². The third kappa shape index (κ3) is 3.20. The molecule has 0 radical (unpaired) electrons. The average Bonchev–Trinajstić information content (AvgIpc) is 2.74. The lowest BCUT2D eigenvalue weighted by atomic mass is 9.31. The lowest BCUT2D eigenvalue weighted by molar-refractivity contribution is -0.262. The van der Waals surface area contributed by atoms with E-state index in [0.29, 0.717) is 40.3 Å². The highest BCUT2D eigenvalue weighted by atomic mass is 16.5. The second-order valence-corrected chi connectivity index (χ2v) is 15.9. The monoisotopic (exact) mass is 484 g/mol. The smallest absolute Gasteiger partial charge is 0.302 e. The molecule has 5 saturated carbocycles. The molecule has 3 nitrogen and oxygen atoms in total. The van der Waals surface area contributed by atoms with Crippen molar-refractivity contribution in [2.75, 3.05) is 0 Å². The van der Waals surface area contributed by atoms with Gasteiger partial charge in [0.15, 0.2) is 0 Å². The van der Waals surface area contributed by atoms with E-state index < -0.39 is 0 Å². The maximum Gasteiger partial charge on any atom is 0.302 e. The lowest BCUT2D eigenvalue weighted by Crippen LogP contribution is -2.68. The summed E-state index contributed by atoms with van der Waals surface area (Å²) in [5.74, 6) is 2.75. The molecular weight excluding hydrogens is 432 g/mol. The summed E-state index contributed by atoms with van der Waals surface area (Å²) in [5, 5.41) is 0. The molecule has 5 aliphatic carbocycles. The molecule has 0 aromatic heterocycles. The topological polar surface area (TPSA) is 43.4 Å². The Kier molecular flexibility index (Phi) is 5.59. The quantitative estimate of drug-likeness (QED) is 0.354. The van der Waals surface area contributed by atoms with Crippen molar-refractivity contribution in [1.82, 2.24) is 0 Å². The van der Waals surface area contributed by atoms with Crippen molar-refractivity contribution >= 4 is 11.8 Å². The van der Waals surface area contributed by atoms with Gasteiger partial charge >= 0.3 is 5.97 Å². The van der Waals surface area contributed by atoms with Crippen LogP contribution in [0.2, 0.25) is 0 Å². The Morgan fingerprint density at radius 3 is 1.89 bits per heavy atom. The minimum absolute atomic E-state index is 0.0345. The normalized spacial score (nSPS) is 52.4. The molecule has 198 valence electrons. The molecular formula is C32H52O3. The van der Waals surface area contributed by atoms with Gasteiger partial charge in [-0.3, -0.25) is 9.59 Å². The van der Waals surface area contributed by atoms with Gasteiger partial charge in [-0.05, 0) is 97.2 Å². The Balaban J connectivity index is 1.52. The third-order valence-electron chi connectivity index (χ3n) is 14.0. The number of carbonyl (C=O) groups is 2. The lowest BCUT2D eigenvalue weighted by Gasteiger charge is -2.74. The van der Waals surface area contributed by atoms with E-state index in [4.69, 9.17) is 4.74 Å². The van der Waals surface area contributed by atoms with E-state index in [1.807, 2.05) is 0 Å². The van der Waals surface area contributed by atoms with E-state index in [2.05, 4.69) is 55.4 Å². The molecule has 5 aliphatic rings. The van der Waals surface area contributed by atoms with Gasteiger partial charge in [-0.15, -0.1) is 0 Å². The molecule has 0 N–H and O–H groups in total. The average molecular weight is 485 g/mol. The Hall–Kier alpha value is -0.860. The highest BCUT2D eigenvalue weighted by Crippen LogP contribution is 2.77. The Labute approximate surface area is 214 Å². The summed E-state index contributed by atoms with van der Waals surface area (Å²) in [6.07, 6.45) is 11.8. The number of rotatable bonds is 1. The number of esters is 1. The van der Waals surface area contributed by atoms with Crippen molar-refractivity contribution < 1.29 is 14.3 Å². The molecule has 0 aromatic carbocycles. The van der Waals surface area contributed by atoms with Crippen LogP contribution in [0.1, 0.15) is 127 Å². The predicted molar refractivity (Wildman–Crippen MR) is 141 cm³/mol. The van der Waals surface area contributed by atoms with Crippen molar-refractivity contribution in [2.24, 2.45) is 56.2 Å². The fraction of sp³-hybridized carbons (Fsp3) is 0.938. The summed E-state index contributed by atoms with van der Waals surface area (Å²) in [6, 6.07) is 0. The second-order valence-electron chi connectivity index (χ2n) is 15.9. The highest BCUT2D eigenvalue weighted by Gasteiger charge is 2.71. The molecule has 0 saturated heterocycles. The van der Waals surface area contributed by atoms with E-state index in [1.165, 1.54) is 44.9 Å². The second kappa shape index (κ2) is 7.59. The van der Waals surface area contributed by atoms with Crippen LogP contribution in [-0.2, 0) is 14.3 Å². The van der Waals surface area contributed by atoms with E-state index in [0.717, 1.165) is 19.3 Å². The zero-order valence-electron chi connectivity index (χ0n) is 24.2. The zero-order chi connectivity index (χ0) is 25.8. The Morgan fingerprint density at radius 2 is 1.29 bits per heavy atom. The van der Waals surface area contributed by atoms with E-state index >= 15 is 0 Å². The Morgan fingerprint density at radius 1 is 0.714 bits per heavy atom. The van der Waals surface area contributed by atoms with Crippen molar-refractivity contribution in [2.45, 2.75) is 133 Å². The fourth-order valence-corrected chi connectivity index (χ4v) is 11.8. The van der Waals surface area contributed by atoms with Gasteiger partial charge in [0, 0.05) is 30.1 Å². The number of carbonyl (C=O) groups excluding carboxylic acids is 2. The summed E-state index contributed by atoms with van der Waals surface area (Å²) in [4.78, 5) is 25.1. The highest BCUT2D eigenvalue weighted by molar-refractivity contribution is 5.85.